The Balaban J connectivity index is 2.05. The summed E-state index contributed by atoms with van der Waals surface area (Å²) in [4.78, 5) is 4.43. The van der Waals surface area contributed by atoms with Crippen molar-refractivity contribution in [3.05, 3.63) is 53.1 Å². The summed E-state index contributed by atoms with van der Waals surface area (Å²) >= 11 is 0. The zero-order valence-electron chi connectivity index (χ0n) is 12.5. The zero-order valence-corrected chi connectivity index (χ0v) is 12.5. The molecule has 4 nitrogen and oxygen atoms in total. The molecule has 0 fully saturated rings. The van der Waals surface area contributed by atoms with Gasteiger partial charge in [0.2, 0.25) is 0 Å². The first-order chi connectivity index (χ1) is 9.72. The number of nitrogens with zero attached hydrogens (tertiary/aromatic N) is 2. The third-order valence-electron chi connectivity index (χ3n) is 3.54. The van der Waals surface area contributed by atoms with Crippen LogP contribution >= 0.6 is 0 Å². The van der Waals surface area contributed by atoms with Crippen molar-refractivity contribution in [1.29, 1.82) is 0 Å². The molecule has 0 aliphatic carbocycles. The Morgan fingerprint density at radius 2 is 2.00 bits per heavy atom. The van der Waals surface area contributed by atoms with E-state index in [1.54, 1.807) is 7.11 Å². The summed E-state index contributed by atoms with van der Waals surface area (Å²) in [6, 6.07) is 6.43. The highest BCUT2D eigenvalue weighted by Gasteiger charge is 2.07. The van der Waals surface area contributed by atoms with Crippen molar-refractivity contribution in [1.82, 2.24) is 14.9 Å². The lowest BCUT2D eigenvalue weighted by Crippen LogP contribution is -2.21. The number of imidazole rings is 1. The number of hydrogen-bond acceptors (Lipinski definition) is 3. The van der Waals surface area contributed by atoms with Gasteiger partial charge in [-0.15, -0.1) is 0 Å². The summed E-state index contributed by atoms with van der Waals surface area (Å²) in [6.07, 6.45) is 3.90. The van der Waals surface area contributed by atoms with Gasteiger partial charge in [0.15, 0.2) is 0 Å². The van der Waals surface area contributed by atoms with Crippen LogP contribution in [0.15, 0.2) is 30.6 Å². The lowest BCUT2D eigenvalue weighted by molar-refractivity contribution is 0.199. The Labute approximate surface area is 120 Å². The molecule has 0 atom stereocenters. The average Bonchev–Trinajstić information content (AvgIpc) is 2.87. The van der Waals surface area contributed by atoms with Gasteiger partial charge in [-0.05, 0) is 30.5 Å². The van der Waals surface area contributed by atoms with Gasteiger partial charge in [0.1, 0.15) is 5.82 Å². The van der Waals surface area contributed by atoms with Gasteiger partial charge in [-0.25, -0.2) is 4.98 Å². The SMILES string of the molecule is COCCNCc1nccn1Cc1c(C)cccc1C. The number of ether oxygens (including phenoxy) is 1. The molecule has 0 unspecified atom stereocenters. The fourth-order valence-corrected chi connectivity index (χ4v) is 2.29. The number of methoxy groups -OCH3 is 1. The second-order valence-electron chi connectivity index (χ2n) is 5.01. The van der Waals surface area contributed by atoms with Crippen molar-refractivity contribution in [2.75, 3.05) is 20.3 Å². The molecule has 1 aromatic carbocycles. The number of rotatable bonds is 7. The standard InChI is InChI=1S/C16H23N3O/c1-13-5-4-6-14(2)15(13)12-19-9-7-18-16(19)11-17-8-10-20-3/h4-7,9,17H,8,10-12H2,1-3H3. The lowest BCUT2D eigenvalue weighted by Gasteiger charge is -2.13. The molecular formula is C16H23N3O. The molecule has 108 valence electrons. The quantitative estimate of drug-likeness (QED) is 0.787. The van der Waals surface area contributed by atoms with Gasteiger partial charge in [0, 0.05) is 32.6 Å². The number of aryl methyl sites for hydroxylation is 2. The van der Waals surface area contributed by atoms with Crippen molar-refractivity contribution in [3.63, 3.8) is 0 Å². The van der Waals surface area contributed by atoms with Crippen LogP contribution in [0.25, 0.3) is 0 Å². The van der Waals surface area contributed by atoms with Crippen LogP contribution in [0.3, 0.4) is 0 Å². The van der Waals surface area contributed by atoms with E-state index in [4.69, 9.17) is 4.74 Å². The molecule has 0 radical (unpaired) electrons. The summed E-state index contributed by atoms with van der Waals surface area (Å²) in [5.41, 5.74) is 4.04. The molecule has 0 spiro atoms. The highest BCUT2D eigenvalue weighted by Crippen LogP contribution is 2.15. The summed E-state index contributed by atoms with van der Waals surface area (Å²) in [7, 11) is 1.71. The van der Waals surface area contributed by atoms with Crippen molar-refractivity contribution < 1.29 is 4.74 Å². The second-order valence-corrected chi connectivity index (χ2v) is 5.01. The Bertz CT molecular complexity index is 528. The zero-order chi connectivity index (χ0) is 14.4. The Kier molecular flexibility index (Phi) is 5.32. The molecule has 2 aromatic rings. The van der Waals surface area contributed by atoms with E-state index in [0.717, 1.165) is 32.1 Å². The molecule has 0 aliphatic rings. The van der Waals surface area contributed by atoms with Crippen LogP contribution in [-0.2, 0) is 17.8 Å². The maximum absolute atomic E-state index is 5.03. The van der Waals surface area contributed by atoms with E-state index in [9.17, 15) is 0 Å². The molecule has 20 heavy (non-hydrogen) atoms. The van der Waals surface area contributed by atoms with E-state index in [2.05, 4.69) is 46.9 Å². The van der Waals surface area contributed by atoms with E-state index in [0.29, 0.717) is 0 Å². The number of hydrogen-bond donors (Lipinski definition) is 1. The molecule has 4 heteroatoms. The first-order valence-electron chi connectivity index (χ1n) is 6.97. The van der Waals surface area contributed by atoms with Crippen molar-refractivity contribution >= 4 is 0 Å². The minimum Gasteiger partial charge on any atom is -0.383 e. The van der Waals surface area contributed by atoms with E-state index in [-0.39, 0.29) is 0 Å². The van der Waals surface area contributed by atoms with Gasteiger partial charge >= 0.3 is 0 Å². The molecule has 0 saturated heterocycles. The predicted octanol–water partition coefficient (Wildman–Crippen LogP) is 2.28. The molecule has 1 N–H and O–H groups in total. The van der Waals surface area contributed by atoms with Crippen molar-refractivity contribution in [3.8, 4) is 0 Å². The molecular weight excluding hydrogens is 250 g/mol. The Morgan fingerprint density at radius 3 is 2.70 bits per heavy atom. The third kappa shape index (κ3) is 3.68. The molecule has 1 heterocycles. The third-order valence-corrected chi connectivity index (χ3v) is 3.54. The smallest absolute Gasteiger partial charge is 0.122 e. The van der Waals surface area contributed by atoms with Crippen LogP contribution in [0.1, 0.15) is 22.5 Å². The fourth-order valence-electron chi connectivity index (χ4n) is 2.29. The van der Waals surface area contributed by atoms with Crippen LogP contribution in [0.4, 0.5) is 0 Å². The Morgan fingerprint density at radius 1 is 1.25 bits per heavy atom. The Hall–Kier alpha value is -1.65. The van der Waals surface area contributed by atoms with Gasteiger partial charge in [0.25, 0.3) is 0 Å². The monoisotopic (exact) mass is 273 g/mol. The highest BCUT2D eigenvalue weighted by atomic mass is 16.5. The van der Waals surface area contributed by atoms with Crippen LogP contribution in [-0.4, -0.2) is 29.8 Å². The van der Waals surface area contributed by atoms with E-state index >= 15 is 0 Å². The molecule has 0 aliphatic heterocycles. The molecule has 0 bridgehead atoms. The van der Waals surface area contributed by atoms with Crippen LogP contribution in [0, 0.1) is 13.8 Å². The largest absolute Gasteiger partial charge is 0.383 e. The van der Waals surface area contributed by atoms with Gasteiger partial charge in [-0.1, -0.05) is 18.2 Å². The maximum Gasteiger partial charge on any atom is 0.122 e. The van der Waals surface area contributed by atoms with Crippen molar-refractivity contribution in [2.24, 2.45) is 0 Å². The predicted molar refractivity (Wildman–Crippen MR) is 80.8 cm³/mol. The summed E-state index contributed by atoms with van der Waals surface area (Å²) < 4.78 is 7.23. The first-order valence-corrected chi connectivity index (χ1v) is 6.97. The number of nitrogens with one attached hydrogen (secondary N) is 1. The van der Waals surface area contributed by atoms with Crippen LogP contribution < -0.4 is 5.32 Å². The number of benzene rings is 1. The number of aromatic nitrogens is 2. The second kappa shape index (κ2) is 7.22. The van der Waals surface area contributed by atoms with Gasteiger partial charge < -0.3 is 14.6 Å². The summed E-state index contributed by atoms with van der Waals surface area (Å²) in [5, 5.41) is 3.34. The molecule has 0 saturated carbocycles. The first kappa shape index (κ1) is 14.8. The van der Waals surface area contributed by atoms with Gasteiger partial charge in [-0.3, -0.25) is 0 Å². The normalized spacial score (nSPS) is 10.9. The van der Waals surface area contributed by atoms with E-state index < -0.39 is 0 Å². The van der Waals surface area contributed by atoms with E-state index in [1.165, 1.54) is 16.7 Å². The molecule has 0 amide bonds. The molecule has 1 aromatic heterocycles. The summed E-state index contributed by atoms with van der Waals surface area (Å²) in [6.45, 7) is 7.52. The maximum atomic E-state index is 5.03. The van der Waals surface area contributed by atoms with Gasteiger partial charge in [0.05, 0.1) is 13.2 Å². The highest BCUT2D eigenvalue weighted by molar-refractivity contribution is 5.33. The van der Waals surface area contributed by atoms with Crippen LogP contribution in [0.5, 0.6) is 0 Å². The topological polar surface area (TPSA) is 39.1 Å². The average molecular weight is 273 g/mol. The summed E-state index contributed by atoms with van der Waals surface area (Å²) in [5.74, 6) is 1.06. The fraction of sp³-hybridized carbons (Fsp3) is 0.438. The molecule has 2 rings (SSSR count). The minimum atomic E-state index is 0.720. The van der Waals surface area contributed by atoms with Crippen LogP contribution in [0.2, 0.25) is 0 Å². The lowest BCUT2D eigenvalue weighted by atomic mass is 10.0. The van der Waals surface area contributed by atoms with Crippen molar-refractivity contribution in [2.45, 2.75) is 26.9 Å². The van der Waals surface area contributed by atoms with Gasteiger partial charge in [-0.2, -0.15) is 0 Å². The van der Waals surface area contributed by atoms with E-state index in [1.807, 2.05) is 12.4 Å². The minimum absolute atomic E-state index is 0.720.